The molecule has 0 bridgehead atoms. The maximum atomic E-state index is 11.5. The van der Waals surface area contributed by atoms with E-state index in [1.807, 2.05) is 13.1 Å². The number of sulfone groups is 1. The van der Waals surface area contributed by atoms with Gasteiger partial charge in [0.15, 0.2) is 9.84 Å². The summed E-state index contributed by atoms with van der Waals surface area (Å²) in [6.07, 6.45) is 5.23. The number of anilines is 1. The van der Waals surface area contributed by atoms with Gasteiger partial charge in [0.25, 0.3) is 0 Å². The van der Waals surface area contributed by atoms with E-state index in [4.69, 9.17) is 5.73 Å². The lowest BCUT2D eigenvalue weighted by Crippen LogP contribution is -2.14. The monoisotopic (exact) mass is 297 g/mol. The van der Waals surface area contributed by atoms with E-state index < -0.39 is 9.84 Å². The smallest absolute Gasteiger partial charge is 0.151 e. The van der Waals surface area contributed by atoms with Gasteiger partial charge in [0, 0.05) is 30.3 Å². The van der Waals surface area contributed by atoms with Crippen LogP contribution in [-0.4, -0.2) is 39.5 Å². The maximum absolute atomic E-state index is 11.5. The van der Waals surface area contributed by atoms with Crippen molar-refractivity contribution < 1.29 is 8.42 Å². The molecule has 0 aromatic carbocycles. The normalized spacial score (nSPS) is 11.9. The van der Waals surface area contributed by atoms with E-state index in [1.54, 1.807) is 28.7 Å². The fourth-order valence-corrected chi connectivity index (χ4v) is 2.57. The van der Waals surface area contributed by atoms with Gasteiger partial charge >= 0.3 is 0 Å². The molecule has 0 saturated heterocycles. The van der Waals surface area contributed by atoms with Gasteiger partial charge in [-0.3, -0.25) is 9.36 Å². The highest BCUT2D eigenvalue weighted by atomic mass is 32.2. The number of nitrogen functional groups attached to an aromatic ring is 1. The summed E-state index contributed by atoms with van der Waals surface area (Å²) in [7, 11) is -3.00. The van der Waals surface area contributed by atoms with Gasteiger partial charge in [-0.05, 0) is 6.92 Å². The number of hydrogen-bond donors (Lipinski definition) is 1. The van der Waals surface area contributed by atoms with Crippen molar-refractivity contribution in [2.75, 3.05) is 17.2 Å². The van der Waals surface area contributed by atoms with Crippen LogP contribution in [0.5, 0.6) is 0 Å². The minimum atomic E-state index is -3.00. The van der Waals surface area contributed by atoms with Crippen LogP contribution in [0, 0.1) is 0 Å². The van der Waals surface area contributed by atoms with Crippen molar-refractivity contribution in [2.24, 2.45) is 0 Å². The molecule has 2 heterocycles. The molecule has 0 radical (unpaired) electrons. The van der Waals surface area contributed by atoms with Crippen molar-refractivity contribution in [1.29, 1.82) is 0 Å². The van der Waals surface area contributed by atoms with E-state index in [0.717, 1.165) is 12.1 Å². The molecule has 0 aliphatic heterocycles. The lowest BCUT2D eigenvalue weighted by Gasteiger charge is -2.01. The predicted molar refractivity (Wildman–Crippen MR) is 77.9 cm³/mol. The average Bonchev–Trinajstić information content (AvgIpc) is 3.02. The average molecular weight is 297 g/mol. The second-order valence-electron chi connectivity index (χ2n) is 4.52. The van der Waals surface area contributed by atoms with Crippen molar-refractivity contribution in [1.82, 2.24) is 19.6 Å². The van der Waals surface area contributed by atoms with Gasteiger partial charge in [-0.15, -0.1) is 0 Å². The van der Waals surface area contributed by atoms with Crippen LogP contribution in [0.25, 0.3) is 11.3 Å². The van der Waals surface area contributed by atoms with Gasteiger partial charge < -0.3 is 5.73 Å². The van der Waals surface area contributed by atoms with Crippen molar-refractivity contribution in [3.8, 4) is 11.3 Å². The van der Waals surface area contributed by atoms with Crippen LogP contribution in [-0.2, 0) is 22.9 Å². The molecule has 0 fully saturated rings. The highest BCUT2D eigenvalue weighted by molar-refractivity contribution is 7.91. The minimum absolute atomic E-state index is 0.0677. The Morgan fingerprint density at radius 1 is 1.25 bits per heavy atom. The van der Waals surface area contributed by atoms with Crippen LogP contribution in [0.3, 0.4) is 0 Å². The Morgan fingerprint density at radius 3 is 2.60 bits per heavy atom. The summed E-state index contributed by atoms with van der Waals surface area (Å²) in [4.78, 5) is 0. The lowest BCUT2D eigenvalue weighted by atomic mass is 10.2. The summed E-state index contributed by atoms with van der Waals surface area (Å²) in [6, 6.07) is 0. The molecule has 2 aromatic rings. The Hall–Kier alpha value is -1.83. The predicted octanol–water partition coefficient (Wildman–Crippen LogP) is 0.783. The second kappa shape index (κ2) is 5.66. The van der Waals surface area contributed by atoms with Gasteiger partial charge in [-0.2, -0.15) is 10.2 Å². The highest BCUT2D eigenvalue weighted by Crippen LogP contribution is 2.23. The van der Waals surface area contributed by atoms with Crippen LogP contribution in [0.2, 0.25) is 0 Å². The van der Waals surface area contributed by atoms with E-state index in [0.29, 0.717) is 17.9 Å². The number of rotatable bonds is 6. The third-order valence-corrected chi connectivity index (χ3v) is 4.78. The molecule has 2 N–H and O–H groups in total. The Bertz CT molecular complexity index is 687. The molecule has 20 heavy (non-hydrogen) atoms. The number of hydrogen-bond acceptors (Lipinski definition) is 5. The SMILES string of the molecule is CCn1cc(-c2nn(CCS(=O)(=O)CC)cc2N)cn1. The molecule has 2 rings (SSSR count). The first kappa shape index (κ1) is 14.6. The molecule has 0 atom stereocenters. The van der Waals surface area contributed by atoms with Crippen LogP contribution >= 0.6 is 0 Å². The zero-order valence-corrected chi connectivity index (χ0v) is 12.5. The van der Waals surface area contributed by atoms with E-state index in [1.165, 1.54) is 0 Å². The summed E-state index contributed by atoms with van der Waals surface area (Å²) in [5.74, 6) is 0.207. The quantitative estimate of drug-likeness (QED) is 0.850. The summed E-state index contributed by atoms with van der Waals surface area (Å²) >= 11 is 0. The van der Waals surface area contributed by atoms with Gasteiger partial charge in [0.1, 0.15) is 5.69 Å². The summed E-state index contributed by atoms with van der Waals surface area (Å²) in [6.45, 7) is 4.71. The van der Waals surface area contributed by atoms with E-state index in [-0.39, 0.29) is 11.5 Å². The molecule has 2 aromatic heterocycles. The van der Waals surface area contributed by atoms with Crippen LogP contribution in [0.4, 0.5) is 5.69 Å². The first-order valence-corrected chi connectivity index (χ1v) is 8.33. The topological polar surface area (TPSA) is 95.8 Å². The van der Waals surface area contributed by atoms with E-state index in [9.17, 15) is 8.42 Å². The molecular formula is C12H19N5O2S. The van der Waals surface area contributed by atoms with Crippen molar-refractivity contribution in [3.63, 3.8) is 0 Å². The molecular weight excluding hydrogens is 278 g/mol. The van der Waals surface area contributed by atoms with Gasteiger partial charge in [-0.1, -0.05) is 6.92 Å². The van der Waals surface area contributed by atoms with E-state index >= 15 is 0 Å². The number of nitrogens with two attached hydrogens (primary N) is 1. The summed E-state index contributed by atoms with van der Waals surface area (Å²) < 4.78 is 26.3. The van der Waals surface area contributed by atoms with Gasteiger partial charge in [-0.25, -0.2) is 8.42 Å². The lowest BCUT2D eigenvalue weighted by molar-refractivity contribution is 0.582. The zero-order valence-electron chi connectivity index (χ0n) is 11.7. The van der Waals surface area contributed by atoms with E-state index in [2.05, 4.69) is 10.2 Å². The standard InChI is InChI=1S/C12H19N5O2S/c1-3-16-8-10(7-14-16)12-11(13)9-17(15-12)5-6-20(18,19)4-2/h7-9H,3-6,13H2,1-2H3. The number of nitrogens with zero attached hydrogens (tertiary/aromatic N) is 4. The molecule has 0 aliphatic carbocycles. The molecule has 0 spiro atoms. The maximum Gasteiger partial charge on any atom is 0.151 e. The Balaban J connectivity index is 2.17. The van der Waals surface area contributed by atoms with Crippen molar-refractivity contribution >= 4 is 15.5 Å². The highest BCUT2D eigenvalue weighted by Gasteiger charge is 2.13. The molecule has 7 nitrogen and oxygen atoms in total. The van der Waals surface area contributed by atoms with Crippen molar-refractivity contribution in [2.45, 2.75) is 26.9 Å². The molecule has 0 unspecified atom stereocenters. The Morgan fingerprint density at radius 2 is 2.00 bits per heavy atom. The first-order valence-electron chi connectivity index (χ1n) is 6.51. The summed E-state index contributed by atoms with van der Waals surface area (Å²) in [5.41, 5.74) is 7.92. The Kier molecular flexibility index (Phi) is 4.12. The second-order valence-corrected chi connectivity index (χ2v) is 6.99. The summed E-state index contributed by atoms with van der Waals surface area (Å²) in [5, 5.41) is 8.51. The Labute approximate surface area is 118 Å². The first-order chi connectivity index (χ1) is 9.45. The van der Waals surface area contributed by atoms with Crippen LogP contribution in [0.15, 0.2) is 18.6 Å². The molecule has 110 valence electrons. The fraction of sp³-hybridized carbons (Fsp3) is 0.500. The van der Waals surface area contributed by atoms with Crippen LogP contribution in [0.1, 0.15) is 13.8 Å². The fourth-order valence-electron chi connectivity index (χ4n) is 1.81. The van der Waals surface area contributed by atoms with Crippen molar-refractivity contribution in [3.05, 3.63) is 18.6 Å². The molecule has 0 saturated carbocycles. The minimum Gasteiger partial charge on any atom is -0.396 e. The van der Waals surface area contributed by atoms with Crippen LogP contribution < -0.4 is 5.73 Å². The van der Waals surface area contributed by atoms with Gasteiger partial charge in [0.2, 0.25) is 0 Å². The molecule has 0 aliphatic rings. The third kappa shape index (κ3) is 3.19. The van der Waals surface area contributed by atoms with Gasteiger partial charge in [0.05, 0.1) is 24.2 Å². The number of aryl methyl sites for hydroxylation is 2. The third-order valence-electron chi connectivity index (χ3n) is 3.09. The molecule has 0 amide bonds. The zero-order chi connectivity index (χ0) is 14.8. The molecule has 8 heteroatoms. The number of aromatic nitrogens is 4. The largest absolute Gasteiger partial charge is 0.396 e.